The Balaban J connectivity index is 1.70. The summed E-state index contributed by atoms with van der Waals surface area (Å²) in [5, 5.41) is 10.9. The average molecular weight is 307 g/mol. The maximum absolute atomic E-state index is 10.9. The molecule has 23 heavy (non-hydrogen) atoms. The molecule has 2 aliphatic carbocycles. The van der Waals surface area contributed by atoms with Crippen LogP contribution in [0.3, 0.4) is 0 Å². The predicted molar refractivity (Wildman–Crippen MR) is 92.7 cm³/mol. The highest BCUT2D eigenvalue weighted by Crippen LogP contribution is 2.40. The van der Waals surface area contributed by atoms with Gasteiger partial charge in [-0.1, -0.05) is 35.9 Å². The Kier molecular flexibility index (Phi) is 3.94. The van der Waals surface area contributed by atoms with E-state index in [4.69, 9.17) is 4.98 Å². The smallest absolute Gasteiger partial charge is 0.0873 e. The zero-order valence-corrected chi connectivity index (χ0v) is 13.9. The number of nitrogens with zero attached hydrogens (tertiary/aromatic N) is 1. The Morgan fingerprint density at radius 3 is 2.57 bits per heavy atom. The summed E-state index contributed by atoms with van der Waals surface area (Å²) < 4.78 is 0. The van der Waals surface area contributed by atoms with Crippen LogP contribution in [-0.2, 0) is 19.3 Å². The van der Waals surface area contributed by atoms with E-state index in [9.17, 15) is 5.11 Å². The SMILES string of the molecule is Cc1ccc(C(O)C2CCCc3cc4c(nc32)CCCC4)cc1. The molecule has 2 heteroatoms. The van der Waals surface area contributed by atoms with E-state index in [0.29, 0.717) is 0 Å². The van der Waals surface area contributed by atoms with Crippen LogP contribution >= 0.6 is 0 Å². The fourth-order valence-electron chi connectivity index (χ4n) is 4.17. The zero-order valence-electron chi connectivity index (χ0n) is 13.9. The molecule has 2 unspecified atom stereocenters. The van der Waals surface area contributed by atoms with Gasteiger partial charge in [-0.3, -0.25) is 4.98 Å². The zero-order chi connectivity index (χ0) is 15.8. The molecule has 1 aromatic carbocycles. The van der Waals surface area contributed by atoms with Crippen LogP contribution in [0.5, 0.6) is 0 Å². The van der Waals surface area contributed by atoms with Crippen LogP contribution < -0.4 is 0 Å². The number of aromatic nitrogens is 1. The second kappa shape index (κ2) is 6.09. The fourth-order valence-corrected chi connectivity index (χ4v) is 4.17. The quantitative estimate of drug-likeness (QED) is 0.891. The Bertz CT molecular complexity index is 705. The van der Waals surface area contributed by atoms with E-state index in [-0.39, 0.29) is 5.92 Å². The third-order valence-electron chi connectivity index (χ3n) is 5.53. The van der Waals surface area contributed by atoms with Crippen LogP contribution in [0.15, 0.2) is 30.3 Å². The van der Waals surface area contributed by atoms with Gasteiger partial charge in [0.15, 0.2) is 0 Å². The van der Waals surface area contributed by atoms with E-state index in [1.54, 1.807) is 0 Å². The molecule has 2 aliphatic rings. The lowest BCUT2D eigenvalue weighted by Gasteiger charge is -2.30. The predicted octanol–water partition coefficient (Wildman–Crippen LogP) is 4.42. The number of aliphatic hydroxyl groups is 1. The standard InChI is InChI=1S/C21H25NO/c1-14-9-11-15(12-10-14)21(23)18-7-4-6-17-13-16-5-2-3-8-19(16)22-20(17)18/h9-13,18,21,23H,2-8H2,1H3. The Labute approximate surface area is 138 Å². The van der Waals surface area contributed by atoms with Gasteiger partial charge >= 0.3 is 0 Å². The maximum Gasteiger partial charge on any atom is 0.0873 e. The second-order valence-corrected chi connectivity index (χ2v) is 7.20. The molecule has 2 atom stereocenters. The lowest BCUT2D eigenvalue weighted by molar-refractivity contribution is 0.134. The first kappa shape index (κ1) is 14.9. The number of aliphatic hydroxyl groups excluding tert-OH is 1. The third-order valence-corrected chi connectivity index (χ3v) is 5.53. The topological polar surface area (TPSA) is 33.1 Å². The van der Waals surface area contributed by atoms with Crippen molar-refractivity contribution in [3.05, 3.63) is 64.0 Å². The number of aryl methyl sites for hydroxylation is 4. The minimum absolute atomic E-state index is 0.147. The Hall–Kier alpha value is -1.67. The average Bonchev–Trinajstić information content (AvgIpc) is 2.59. The van der Waals surface area contributed by atoms with Crippen LogP contribution in [0.2, 0.25) is 0 Å². The van der Waals surface area contributed by atoms with Gasteiger partial charge in [-0.15, -0.1) is 0 Å². The van der Waals surface area contributed by atoms with E-state index >= 15 is 0 Å². The van der Waals surface area contributed by atoms with Crippen LogP contribution in [0.1, 0.15) is 71.3 Å². The Morgan fingerprint density at radius 2 is 1.74 bits per heavy atom. The minimum atomic E-state index is -0.441. The molecule has 0 fully saturated rings. The number of pyridine rings is 1. The molecule has 1 aromatic heterocycles. The van der Waals surface area contributed by atoms with Gasteiger partial charge in [-0.2, -0.15) is 0 Å². The van der Waals surface area contributed by atoms with Crippen molar-refractivity contribution in [1.82, 2.24) is 4.98 Å². The highest BCUT2D eigenvalue weighted by Gasteiger charge is 2.30. The van der Waals surface area contributed by atoms with Gasteiger partial charge in [0.05, 0.1) is 6.10 Å². The number of fused-ring (bicyclic) bond motifs is 2. The lowest BCUT2D eigenvalue weighted by Crippen LogP contribution is -2.21. The molecule has 2 aromatic rings. The molecule has 4 rings (SSSR count). The van der Waals surface area contributed by atoms with Crippen LogP contribution in [0.4, 0.5) is 0 Å². The van der Waals surface area contributed by atoms with Crippen molar-refractivity contribution in [2.45, 2.75) is 63.9 Å². The summed E-state index contributed by atoms with van der Waals surface area (Å²) in [7, 11) is 0. The van der Waals surface area contributed by atoms with Gasteiger partial charge in [-0.05, 0) is 68.6 Å². The van der Waals surface area contributed by atoms with E-state index in [0.717, 1.165) is 31.2 Å². The van der Waals surface area contributed by atoms with Gasteiger partial charge < -0.3 is 5.11 Å². The first-order chi connectivity index (χ1) is 11.2. The number of hydrogen-bond acceptors (Lipinski definition) is 2. The molecule has 0 bridgehead atoms. The minimum Gasteiger partial charge on any atom is -0.388 e. The monoisotopic (exact) mass is 307 g/mol. The van der Waals surface area contributed by atoms with Crippen molar-refractivity contribution in [3.63, 3.8) is 0 Å². The highest BCUT2D eigenvalue weighted by molar-refractivity contribution is 5.37. The fraction of sp³-hybridized carbons (Fsp3) is 0.476. The van der Waals surface area contributed by atoms with E-state index in [1.165, 1.54) is 47.3 Å². The molecule has 0 amide bonds. The van der Waals surface area contributed by atoms with Gasteiger partial charge in [0.1, 0.15) is 0 Å². The number of rotatable bonds is 2. The second-order valence-electron chi connectivity index (χ2n) is 7.20. The summed E-state index contributed by atoms with van der Waals surface area (Å²) in [4.78, 5) is 5.04. The molecule has 2 nitrogen and oxygen atoms in total. The normalized spacial score (nSPS) is 21.4. The van der Waals surface area contributed by atoms with Gasteiger partial charge in [-0.25, -0.2) is 0 Å². The van der Waals surface area contributed by atoms with Crippen molar-refractivity contribution in [2.24, 2.45) is 0 Å². The lowest BCUT2D eigenvalue weighted by atomic mass is 9.79. The van der Waals surface area contributed by atoms with E-state index < -0.39 is 6.10 Å². The van der Waals surface area contributed by atoms with Gasteiger partial charge in [0, 0.05) is 17.3 Å². The number of benzene rings is 1. The molecule has 0 aliphatic heterocycles. The van der Waals surface area contributed by atoms with Crippen LogP contribution in [-0.4, -0.2) is 10.1 Å². The van der Waals surface area contributed by atoms with E-state index in [1.807, 2.05) is 0 Å². The van der Waals surface area contributed by atoms with Gasteiger partial charge in [0.2, 0.25) is 0 Å². The molecule has 0 spiro atoms. The molecule has 0 saturated heterocycles. The summed E-state index contributed by atoms with van der Waals surface area (Å²) in [5.41, 5.74) is 7.56. The third kappa shape index (κ3) is 2.81. The summed E-state index contributed by atoms with van der Waals surface area (Å²) in [6.07, 6.45) is 7.70. The van der Waals surface area contributed by atoms with Crippen LogP contribution in [0.25, 0.3) is 0 Å². The van der Waals surface area contributed by atoms with Crippen molar-refractivity contribution in [2.75, 3.05) is 0 Å². The summed E-state index contributed by atoms with van der Waals surface area (Å²) in [6.45, 7) is 2.08. The summed E-state index contributed by atoms with van der Waals surface area (Å²) in [6, 6.07) is 10.7. The molecular weight excluding hydrogens is 282 g/mol. The summed E-state index contributed by atoms with van der Waals surface area (Å²) >= 11 is 0. The van der Waals surface area contributed by atoms with Crippen molar-refractivity contribution >= 4 is 0 Å². The van der Waals surface area contributed by atoms with Crippen molar-refractivity contribution in [3.8, 4) is 0 Å². The highest BCUT2D eigenvalue weighted by atomic mass is 16.3. The molecular formula is C21H25NO. The van der Waals surface area contributed by atoms with Gasteiger partial charge in [0.25, 0.3) is 0 Å². The molecule has 0 radical (unpaired) electrons. The molecule has 0 saturated carbocycles. The molecule has 1 N–H and O–H groups in total. The number of hydrogen-bond donors (Lipinski definition) is 1. The Morgan fingerprint density at radius 1 is 1.00 bits per heavy atom. The van der Waals surface area contributed by atoms with Crippen molar-refractivity contribution in [1.29, 1.82) is 0 Å². The largest absolute Gasteiger partial charge is 0.388 e. The maximum atomic E-state index is 10.9. The molecule has 120 valence electrons. The summed E-state index contributed by atoms with van der Waals surface area (Å²) in [5.74, 6) is 0.147. The van der Waals surface area contributed by atoms with E-state index in [2.05, 4.69) is 37.3 Å². The van der Waals surface area contributed by atoms with Crippen molar-refractivity contribution < 1.29 is 5.11 Å². The molecule has 1 heterocycles. The van der Waals surface area contributed by atoms with Crippen LogP contribution in [0, 0.1) is 6.92 Å². The first-order valence-electron chi connectivity index (χ1n) is 8.98. The first-order valence-corrected chi connectivity index (χ1v) is 8.98.